The molecular formula is C24H21N5O. The molecule has 0 saturated heterocycles. The molecule has 0 spiro atoms. The van der Waals surface area contributed by atoms with E-state index in [0.29, 0.717) is 18.9 Å². The van der Waals surface area contributed by atoms with Gasteiger partial charge >= 0.3 is 0 Å². The fourth-order valence-corrected chi connectivity index (χ4v) is 3.04. The number of nitrogens with zero attached hydrogens (tertiary/aromatic N) is 4. The van der Waals surface area contributed by atoms with Gasteiger partial charge in [0.05, 0.1) is 0 Å². The van der Waals surface area contributed by atoms with E-state index in [1.165, 1.54) is 0 Å². The van der Waals surface area contributed by atoms with Gasteiger partial charge in [-0.15, -0.1) is 10.2 Å². The molecule has 0 saturated carbocycles. The highest BCUT2D eigenvalue weighted by molar-refractivity contribution is 5.92. The van der Waals surface area contributed by atoms with E-state index in [2.05, 4.69) is 37.5 Å². The third kappa shape index (κ3) is 4.86. The second kappa shape index (κ2) is 9.43. The Morgan fingerprint density at radius 2 is 1.47 bits per heavy atom. The zero-order valence-electron chi connectivity index (χ0n) is 16.3. The molecule has 2 heterocycles. The number of carbonyl (C=O) groups excluding carboxylic acids is 1. The molecule has 0 atom stereocenters. The van der Waals surface area contributed by atoms with Crippen LogP contribution in [0.1, 0.15) is 21.6 Å². The minimum atomic E-state index is -0.264. The van der Waals surface area contributed by atoms with Gasteiger partial charge in [0.15, 0.2) is 11.5 Å². The number of hydrogen-bond acceptors (Lipinski definition) is 5. The number of carbonyl (C=O) groups is 1. The van der Waals surface area contributed by atoms with Crippen molar-refractivity contribution in [3.05, 3.63) is 114 Å². The Kier molecular flexibility index (Phi) is 6.05. The van der Waals surface area contributed by atoms with Crippen molar-refractivity contribution in [2.75, 3.05) is 4.90 Å². The van der Waals surface area contributed by atoms with Gasteiger partial charge in [0.1, 0.15) is 0 Å². The first-order chi connectivity index (χ1) is 14.8. The van der Waals surface area contributed by atoms with Crippen molar-refractivity contribution in [3.8, 4) is 0 Å². The number of nitrogens with one attached hydrogen (secondary N) is 1. The van der Waals surface area contributed by atoms with Gasteiger partial charge in [0.2, 0.25) is 0 Å². The van der Waals surface area contributed by atoms with E-state index >= 15 is 0 Å². The molecule has 4 aromatic rings. The molecule has 0 bridgehead atoms. The second-order valence-electron chi connectivity index (χ2n) is 6.72. The summed E-state index contributed by atoms with van der Waals surface area (Å²) in [6.07, 6.45) is 3.39. The van der Waals surface area contributed by atoms with Gasteiger partial charge in [-0.2, -0.15) is 0 Å². The molecule has 0 radical (unpaired) electrons. The van der Waals surface area contributed by atoms with Crippen LogP contribution in [-0.4, -0.2) is 21.1 Å². The largest absolute Gasteiger partial charge is 0.347 e. The Hall–Kier alpha value is -4.06. The lowest BCUT2D eigenvalue weighted by Gasteiger charge is -2.23. The van der Waals surface area contributed by atoms with Crippen LogP contribution in [-0.2, 0) is 13.1 Å². The molecule has 6 nitrogen and oxygen atoms in total. The number of amides is 1. The average Bonchev–Trinajstić information content (AvgIpc) is 2.83. The second-order valence-corrected chi connectivity index (χ2v) is 6.72. The summed E-state index contributed by atoms with van der Waals surface area (Å²) in [7, 11) is 0. The molecule has 0 unspecified atom stereocenters. The van der Waals surface area contributed by atoms with Crippen LogP contribution in [0.15, 0.2) is 97.3 Å². The molecule has 0 fully saturated rings. The Bertz CT molecular complexity index is 1070. The number of benzene rings is 2. The van der Waals surface area contributed by atoms with Crippen molar-refractivity contribution < 1.29 is 4.79 Å². The predicted molar refractivity (Wildman–Crippen MR) is 116 cm³/mol. The monoisotopic (exact) mass is 395 g/mol. The number of rotatable bonds is 7. The molecule has 0 aliphatic carbocycles. The molecule has 30 heavy (non-hydrogen) atoms. The van der Waals surface area contributed by atoms with Crippen molar-refractivity contribution in [1.82, 2.24) is 20.5 Å². The van der Waals surface area contributed by atoms with Crippen LogP contribution < -0.4 is 10.2 Å². The van der Waals surface area contributed by atoms with Crippen LogP contribution in [0.2, 0.25) is 0 Å². The van der Waals surface area contributed by atoms with Crippen molar-refractivity contribution >= 4 is 17.4 Å². The van der Waals surface area contributed by atoms with Gasteiger partial charge in [0.25, 0.3) is 5.91 Å². The Morgan fingerprint density at radius 1 is 0.767 bits per heavy atom. The number of anilines is 2. The first-order valence-corrected chi connectivity index (χ1v) is 9.67. The van der Waals surface area contributed by atoms with Crippen molar-refractivity contribution in [2.45, 2.75) is 13.1 Å². The maximum absolute atomic E-state index is 12.4. The van der Waals surface area contributed by atoms with Crippen LogP contribution in [0, 0.1) is 0 Å². The molecule has 2 aromatic heterocycles. The zero-order chi connectivity index (χ0) is 20.6. The molecule has 148 valence electrons. The summed E-state index contributed by atoms with van der Waals surface area (Å²) in [5.74, 6) is 0.413. The highest BCUT2D eigenvalue weighted by atomic mass is 16.1. The topological polar surface area (TPSA) is 71.0 Å². The summed E-state index contributed by atoms with van der Waals surface area (Å²) in [6, 6.07) is 27.4. The molecule has 4 rings (SSSR count). The van der Waals surface area contributed by atoms with E-state index in [1.54, 1.807) is 18.5 Å². The third-order valence-corrected chi connectivity index (χ3v) is 4.61. The van der Waals surface area contributed by atoms with Crippen molar-refractivity contribution in [1.29, 1.82) is 0 Å². The fourth-order valence-electron chi connectivity index (χ4n) is 3.04. The van der Waals surface area contributed by atoms with Gasteiger partial charge in [-0.3, -0.25) is 9.78 Å². The van der Waals surface area contributed by atoms with Crippen molar-refractivity contribution in [3.63, 3.8) is 0 Å². The summed E-state index contributed by atoms with van der Waals surface area (Å²) in [4.78, 5) is 18.5. The molecule has 0 aliphatic rings. The zero-order valence-corrected chi connectivity index (χ0v) is 16.3. The van der Waals surface area contributed by atoms with Crippen LogP contribution in [0.3, 0.4) is 0 Å². The molecule has 2 aromatic carbocycles. The molecule has 1 N–H and O–H groups in total. The maximum Gasteiger partial charge on any atom is 0.272 e. The average molecular weight is 395 g/mol. The summed E-state index contributed by atoms with van der Waals surface area (Å²) < 4.78 is 0. The Morgan fingerprint density at radius 3 is 2.13 bits per heavy atom. The number of para-hydroxylation sites is 1. The van der Waals surface area contributed by atoms with Gasteiger partial charge < -0.3 is 10.2 Å². The highest BCUT2D eigenvalue weighted by Gasteiger charge is 2.14. The van der Waals surface area contributed by atoms with Gasteiger partial charge in [-0.25, -0.2) is 0 Å². The molecular weight excluding hydrogens is 374 g/mol. The number of aromatic nitrogens is 3. The summed E-state index contributed by atoms with van der Waals surface area (Å²) in [5, 5.41) is 11.3. The predicted octanol–water partition coefficient (Wildman–Crippen LogP) is 4.14. The third-order valence-electron chi connectivity index (χ3n) is 4.61. The van der Waals surface area contributed by atoms with Crippen LogP contribution in [0.4, 0.5) is 11.5 Å². The lowest BCUT2D eigenvalue weighted by Crippen LogP contribution is -2.25. The lowest BCUT2D eigenvalue weighted by atomic mass is 10.2. The van der Waals surface area contributed by atoms with E-state index in [-0.39, 0.29) is 11.6 Å². The smallest absolute Gasteiger partial charge is 0.272 e. The minimum Gasteiger partial charge on any atom is -0.347 e. The van der Waals surface area contributed by atoms with E-state index in [1.807, 2.05) is 66.7 Å². The minimum absolute atomic E-state index is 0.264. The van der Waals surface area contributed by atoms with E-state index in [0.717, 1.165) is 16.8 Å². The fraction of sp³-hybridized carbons (Fsp3) is 0.0833. The highest BCUT2D eigenvalue weighted by Crippen LogP contribution is 2.25. The van der Waals surface area contributed by atoms with E-state index in [9.17, 15) is 4.79 Å². The molecule has 1 amide bonds. The standard InChI is InChI=1S/C24H21N5O/c30-24(26-17-19-13-15-25-16-14-19)22-11-12-23(28-27-22)29(21-9-5-2-6-10-21)18-20-7-3-1-4-8-20/h1-16H,17-18H2,(H,26,30). The van der Waals surface area contributed by atoms with E-state index in [4.69, 9.17) is 0 Å². The Labute approximate surface area is 175 Å². The van der Waals surface area contributed by atoms with Gasteiger partial charge in [0, 0.05) is 31.2 Å². The normalized spacial score (nSPS) is 10.4. The van der Waals surface area contributed by atoms with Crippen LogP contribution >= 0.6 is 0 Å². The quantitative estimate of drug-likeness (QED) is 0.509. The Balaban J connectivity index is 1.51. The summed E-state index contributed by atoms with van der Waals surface area (Å²) in [5.41, 5.74) is 3.41. The first-order valence-electron chi connectivity index (χ1n) is 9.67. The lowest BCUT2D eigenvalue weighted by molar-refractivity contribution is 0.0945. The summed E-state index contributed by atoms with van der Waals surface area (Å²) >= 11 is 0. The van der Waals surface area contributed by atoms with E-state index < -0.39 is 0 Å². The maximum atomic E-state index is 12.4. The summed E-state index contributed by atoms with van der Waals surface area (Å²) in [6.45, 7) is 1.06. The molecule has 0 aliphatic heterocycles. The van der Waals surface area contributed by atoms with Gasteiger partial charge in [-0.05, 0) is 47.5 Å². The van der Waals surface area contributed by atoms with Crippen LogP contribution in [0.5, 0.6) is 0 Å². The van der Waals surface area contributed by atoms with Crippen molar-refractivity contribution in [2.24, 2.45) is 0 Å². The number of hydrogen-bond donors (Lipinski definition) is 1. The number of pyridine rings is 1. The molecule has 6 heteroatoms. The first kappa shape index (κ1) is 19.3. The SMILES string of the molecule is O=C(NCc1ccncc1)c1ccc(N(Cc2ccccc2)c2ccccc2)nn1. The van der Waals surface area contributed by atoms with Gasteiger partial charge in [-0.1, -0.05) is 48.5 Å². The van der Waals surface area contributed by atoms with Crippen LogP contribution in [0.25, 0.3) is 0 Å².